The van der Waals surface area contributed by atoms with E-state index in [1.807, 2.05) is 0 Å². The number of carbonyl (C=O) groups excluding carboxylic acids is 1. The highest BCUT2D eigenvalue weighted by molar-refractivity contribution is 9.10. The maximum atomic E-state index is 11.8. The van der Waals surface area contributed by atoms with Crippen LogP contribution in [0.4, 0.5) is 0 Å². The van der Waals surface area contributed by atoms with E-state index < -0.39 is 17.9 Å². The Morgan fingerprint density at radius 3 is 2.78 bits per heavy atom. The van der Waals surface area contributed by atoms with Gasteiger partial charge in [0.1, 0.15) is 10.6 Å². The van der Waals surface area contributed by atoms with Crippen LogP contribution in [0.25, 0.3) is 0 Å². The molecule has 1 atom stereocenters. The predicted molar refractivity (Wildman–Crippen MR) is 67.3 cm³/mol. The van der Waals surface area contributed by atoms with Crippen LogP contribution < -0.4 is 5.32 Å². The van der Waals surface area contributed by atoms with Crippen LogP contribution in [0.2, 0.25) is 0 Å². The first kappa shape index (κ1) is 14.6. The Morgan fingerprint density at radius 2 is 2.28 bits per heavy atom. The van der Waals surface area contributed by atoms with E-state index in [2.05, 4.69) is 26.2 Å². The number of hydrogen-bond donors (Lipinski definition) is 2. The number of methoxy groups -OCH3 is 1. The molecule has 0 bridgehead atoms. The van der Waals surface area contributed by atoms with Gasteiger partial charge in [0.05, 0.1) is 5.56 Å². The Balaban J connectivity index is 2.66. The molecule has 0 spiro atoms. The average molecular weight is 317 g/mol. The van der Waals surface area contributed by atoms with E-state index in [9.17, 15) is 9.59 Å². The maximum Gasteiger partial charge on any atom is 0.326 e. The molecule has 1 rings (SSSR count). The summed E-state index contributed by atoms with van der Waals surface area (Å²) in [5.74, 6) is -1.57. The van der Waals surface area contributed by atoms with E-state index in [4.69, 9.17) is 9.84 Å². The van der Waals surface area contributed by atoms with Crippen molar-refractivity contribution in [1.82, 2.24) is 10.3 Å². The summed E-state index contributed by atoms with van der Waals surface area (Å²) >= 11 is 3.15. The van der Waals surface area contributed by atoms with Crippen molar-refractivity contribution in [3.8, 4) is 0 Å². The Labute approximate surface area is 112 Å². The van der Waals surface area contributed by atoms with Gasteiger partial charge in [-0.05, 0) is 28.1 Å². The number of nitrogens with zero attached hydrogens (tertiary/aromatic N) is 1. The third-order valence-electron chi connectivity index (χ3n) is 2.20. The van der Waals surface area contributed by atoms with Crippen LogP contribution in [-0.2, 0) is 9.53 Å². The molecule has 0 fully saturated rings. The molecule has 18 heavy (non-hydrogen) atoms. The topological polar surface area (TPSA) is 88.5 Å². The summed E-state index contributed by atoms with van der Waals surface area (Å²) in [6, 6.07) is 2.20. The minimum absolute atomic E-state index is 0.210. The minimum Gasteiger partial charge on any atom is -0.480 e. The van der Waals surface area contributed by atoms with Gasteiger partial charge in [-0.1, -0.05) is 0 Å². The van der Waals surface area contributed by atoms with Crippen molar-refractivity contribution >= 4 is 27.8 Å². The summed E-state index contributed by atoms with van der Waals surface area (Å²) < 4.78 is 5.40. The first-order chi connectivity index (χ1) is 8.54. The molecule has 1 unspecified atom stereocenters. The molecule has 0 aromatic carbocycles. The molecule has 0 saturated heterocycles. The Kier molecular flexibility index (Phi) is 5.73. The van der Waals surface area contributed by atoms with Crippen molar-refractivity contribution in [2.24, 2.45) is 0 Å². The van der Waals surface area contributed by atoms with Crippen LogP contribution in [0.15, 0.2) is 22.9 Å². The van der Waals surface area contributed by atoms with Crippen molar-refractivity contribution in [1.29, 1.82) is 0 Å². The van der Waals surface area contributed by atoms with E-state index in [0.29, 0.717) is 10.2 Å². The number of carbonyl (C=O) groups is 2. The lowest BCUT2D eigenvalue weighted by molar-refractivity contribution is -0.139. The number of carboxylic acids is 1. The summed E-state index contributed by atoms with van der Waals surface area (Å²) in [6.07, 6.45) is 1.58. The fraction of sp³-hybridized carbons (Fsp3) is 0.364. The van der Waals surface area contributed by atoms with Crippen LogP contribution in [-0.4, -0.2) is 41.7 Å². The second-order valence-corrected chi connectivity index (χ2v) is 4.33. The van der Waals surface area contributed by atoms with Crippen molar-refractivity contribution in [2.45, 2.75) is 12.5 Å². The third-order valence-corrected chi connectivity index (χ3v) is 2.67. The smallest absolute Gasteiger partial charge is 0.326 e. The van der Waals surface area contributed by atoms with Crippen LogP contribution in [0.3, 0.4) is 0 Å². The second kappa shape index (κ2) is 7.07. The van der Waals surface area contributed by atoms with Crippen LogP contribution >= 0.6 is 15.9 Å². The molecule has 1 aromatic heterocycles. The van der Waals surface area contributed by atoms with Gasteiger partial charge in [0, 0.05) is 26.3 Å². The van der Waals surface area contributed by atoms with Gasteiger partial charge < -0.3 is 15.2 Å². The maximum absolute atomic E-state index is 11.8. The van der Waals surface area contributed by atoms with Gasteiger partial charge in [-0.25, -0.2) is 9.78 Å². The minimum atomic E-state index is -1.09. The van der Waals surface area contributed by atoms with Crippen LogP contribution in [0.1, 0.15) is 16.8 Å². The van der Waals surface area contributed by atoms with E-state index in [1.165, 1.54) is 13.3 Å². The highest BCUT2D eigenvalue weighted by Crippen LogP contribution is 2.06. The molecule has 98 valence electrons. The fourth-order valence-corrected chi connectivity index (χ4v) is 1.48. The van der Waals surface area contributed by atoms with Crippen molar-refractivity contribution < 1.29 is 19.4 Å². The number of halogens is 1. The molecule has 0 aliphatic rings. The number of nitrogens with one attached hydrogen (secondary N) is 1. The van der Waals surface area contributed by atoms with Crippen LogP contribution in [0.5, 0.6) is 0 Å². The van der Waals surface area contributed by atoms with E-state index >= 15 is 0 Å². The molecular weight excluding hydrogens is 304 g/mol. The summed E-state index contributed by atoms with van der Waals surface area (Å²) in [4.78, 5) is 26.6. The Bertz CT molecular complexity index is 422. The molecular formula is C11H13BrN2O4. The standard InChI is InChI=1S/C11H13BrN2O4/c1-18-5-4-8(11(16)17)14-10(15)7-2-3-9(12)13-6-7/h2-3,6,8H,4-5H2,1H3,(H,14,15)(H,16,17). The summed E-state index contributed by atoms with van der Waals surface area (Å²) in [6.45, 7) is 0.260. The largest absolute Gasteiger partial charge is 0.480 e. The first-order valence-electron chi connectivity index (χ1n) is 5.18. The van der Waals surface area contributed by atoms with Crippen LogP contribution in [0, 0.1) is 0 Å². The van der Waals surface area contributed by atoms with E-state index in [-0.39, 0.29) is 13.0 Å². The molecule has 7 heteroatoms. The van der Waals surface area contributed by atoms with Gasteiger partial charge in [-0.15, -0.1) is 0 Å². The Hall–Kier alpha value is -1.47. The zero-order valence-electron chi connectivity index (χ0n) is 9.72. The van der Waals surface area contributed by atoms with Gasteiger partial charge in [-0.2, -0.15) is 0 Å². The molecule has 1 amide bonds. The fourth-order valence-electron chi connectivity index (χ4n) is 1.24. The SMILES string of the molecule is COCCC(NC(=O)c1ccc(Br)nc1)C(=O)O. The predicted octanol–water partition coefficient (Wildman–Crippen LogP) is 1.06. The second-order valence-electron chi connectivity index (χ2n) is 3.52. The number of aromatic nitrogens is 1. The highest BCUT2D eigenvalue weighted by atomic mass is 79.9. The number of pyridine rings is 1. The lowest BCUT2D eigenvalue weighted by atomic mass is 10.2. The molecule has 0 aliphatic heterocycles. The average Bonchev–Trinajstić information content (AvgIpc) is 2.34. The van der Waals surface area contributed by atoms with Crippen molar-refractivity contribution in [3.63, 3.8) is 0 Å². The molecule has 0 saturated carbocycles. The van der Waals surface area contributed by atoms with E-state index in [0.717, 1.165) is 0 Å². The van der Waals surface area contributed by atoms with Gasteiger partial charge in [0.25, 0.3) is 5.91 Å². The molecule has 2 N–H and O–H groups in total. The number of amides is 1. The molecule has 0 radical (unpaired) electrons. The molecule has 0 aliphatic carbocycles. The normalized spacial score (nSPS) is 11.9. The van der Waals surface area contributed by atoms with Crippen molar-refractivity contribution in [2.75, 3.05) is 13.7 Å². The zero-order valence-corrected chi connectivity index (χ0v) is 11.3. The Morgan fingerprint density at radius 1 is 1.56 bits per heavy atom. The van der Waals surface area contributed by atoms with Gasteiger partial charge in [0.2, 0.25) is 0 Å². The molecule has 6 nitrogen and oxygen atoms in total. The quantitative estimate of drug-likeness (QED) is 0.766. The first-order valence-corrected chi connectivity index (χ1v) is 5.98. The lowest BCUT2D eigenvalue weighted by Gasteiger charge is -2.13. The zero-order chi connectivity index (χ0) is 13.5. The number of carboxylic acid groups (broad SMARTS) is 1. The third kappa shape index (κ3) is 4.42. The van der Waals surface area contributed by atoms with Gasteiger partial charge in [0.15, 0.2) is 0 Å². The molecule has 1 heterocycles. The number of aliphatic carboxylic acids is 1. The summed E-state index contributed by atoms with van der Waals surface area (Å²) in [5.41, 5.74) is 0.307. The monoisotopic (exact) mass is 316 g/mol. The highest BCUT2D eigenvalue weighted by Gasteiger charge is 2.20. The van der Waals surface area contributed by atoms with Gasteiger partial charge >= 0.3 is 5.97 Å². The summed E-state index contributed by atoms with van der Waals surface area (Å²) in [5, 5.41) is 11.4. The summed E-state index contributed by atoms with van der Waals surface area (Å²) in [7, 11) is 1.47. The van der Waals surface area contributed by atoms with Crippen molar-refractivity contribution in [3.05, 3.63) is 28.5 Å². The van der Waals surface area contributed by atoms with Gasteiger partial charge in [-0.3, -0.25) is 4.79 Å². The number of hydrogen-bond acceptors (Lipinski definition) is 4. The lowest BCUT2D eigenvalue weighted by Crippen LogP contribution is -2.41. The molecule has 1 aromatic rings. The van der Waals surface area contributed by atoms with E-state index in [1.54, 1.807) is 12.1 Å². The number of ether oxygens (including phenoxy) is 1. The number of rotatable bonds is 6.